The number of nitrogens with one attached hydrogen (secondary N) is 1. The fourth-order valence-electron chi connectivity index (χ4n) is 3.17. The van der Waals surface area contributed by atoms with Gasteiger partial charge in [-0.15, -0.1) is 0 Å². The van der Waals surface area contributed by atoms with Crippen molar-refractivity contribution in [2.45, 2.75) is 25.2 Å². The first kappa shape index (κ1) is 17.3. The number of anilines is 1. The molecule has 0 bridgehead atoms. The van der Waals surface area contributed by atoms with Crippen molar-refractivity contribution in [1.29, 1.82) is 0 Å². The lowest BCUT2D eigenvalue weighted by Crippen LogP contribution is -2.37. The van der Waals surface area contributed by atoms with E-state index in [1.165, 1.54) is 12.1 Å². The highest BCUT2D eigenvalue weighted by Crippen LogP contribution is 2.34. The van der Waals surface area contributed by atoms with Crippen LogP contribution >= 0.6 is 0 Å². The van der Waals surface area contributed by atoms with Crippen LogP contribution in [0, 0.1) is 6.57 Å². The maximum atomic E-state index is 13.3. The van der Waals surface area contributed by atoms with Gasteiger partial charge in [0.2, 0.25) is 0 Å². The van der Waals surface area contributed by atoms with E-state index in [-0.39, 0.29) is 18.2 Å². The lowest BCUT2D eigenvalue weighted by Gasteiger charge is -2.32. The summed E-state index contributed by atoms with van der Waals surface area (Å²) < 4.78 is 39.9. The van der Waals surface area contributed by atoms with Crippen molar-refractivity contribution in [2.24, 2.45) is 0 Å². The van der Waals surface area contributed by atoms with Crippen molar-refractivity contribution >= 4 is 11.4 Å². The zero-order chi connectivity index (χ0) is 17.9. The third-order valence-electron chi connectivity index (χ3n) is 4.45. The van der Waals surface area contributed by atoms with Gasteiger partial charge in [-0.2, -0.15) is 13.2 Å². The molecular formula is C19H18F3N3. The summed E-state index contributed by atoms with van der Waals surface area (Å²) in [6.45, 7) is 8.81. The number of hydrogen-bond acceptors (Lipinski definition) is 2. The Labute approximate surface area is 144 Å². The van der Waals surface area contributed by atoms with Crippen LogP contribution in [-0.4, -0.2) is 19.1 Å². The highest BCUT2D eigenvalue weighted by Gasteiger charge is 2.34. The summed E-state index contributed by atoms with van der Waals surface area (Å²) in [5.41, 5.74) is 1.02. The quantitative estimate of drug-likeness (QED) is 0.816. The van der Waals surface area contributed by atoms with Crippen LogP contribution in [0.15, 0.2) is 48.5 Å². The molecule has 0 saturated carbocycles. The van der Waals surface area contributed by atoms with E-state index in [0.717, 1.165) is 31.3 Å². The van der Waals surface area contributed by atoms with E-state index in [1.807, 2.05) is 17.0 Å². The molecule has 1 atom stereocenters. The zero-order valence-electron chi connectivity index (χ0n) is 13.6. The van der Waals surface area contributed by atoms with Gasteiger partial charge in [0.25, 0.3) is 0 Å². The molecule has 0 unspecified atom stereocenters. The summed E-state index contributed by atoms with van der Waals surface area (Å²) >= 11 is 0. The van der Waals surface area contributed by atoms with Crippen LogP contribution in [0.5, 0.6) is 0 Å². The van der Waals surface area contributed by atoms with E-state index in [1.54, 1.807) is 18.2 Å². The number of alkyl halides is 3. The molecule has 0 radical (unpaired) electrons. The Morgan fingerprint density at radius 1 is 1.12 bits per heavy atom. The van der Waals surface area contributed by atoms with Crippen LogP contribution in [0.2, 0.25) is 0 Å². The number of benzene rings is 2. The van der Waals surface area contributed by atoms with E-state index in [0.29, 0.717) is 5.69 Å². The Hall–Kier alpha value is -2.52. The molecule has 2 aromatic carbocycles. The van der Waals surface area contributed by atoms with Gasteiger partial charge in [-0.05, 0) is 36.7 Å². The number of halogens is 3. The minimum absolute atomic E-state index is 0.125. The van der Waals surface area contributed by atoms with Gasteiger partial charge >= 0.3 is 6.18 Å². The average Bonchev–Trinajstić information content (AvgIpc) is 3.13. The van der Waals surface area contributed by atoms with Gasteiger partial charge in [0, 0.05) is 24.8 Å². The summed E-state index contributed by atoms with van der Waals surface area (Å²) in [6, 6.07) is 12.9. The predicted octanol–water partition coefficient (Wildman–Crippen LogP) is 4.62. The first-order valence-corrected chi connectivity index (χ1v) is 8.09. The van der Waals surface area contributed by atoms with Crippen LogP contribution in [-0.2, 0) is 12.7 Å². The SMILES string of the molecule is [C-]#[N+]c1ccc(N(Cc2ccccc2C(F)(F)F)[C@H]2CCNC2)cc1. The summed E-state index contributed by atoms with van der Waals surface area (Å²) in [6.07, 6.45) is -3.50. The smallest absolute Gasteiger partial charge is 0.363 e. The van der Waals surface area contributed by atoms with E-state index >= 15 is 0 Å². The third kappa shape index (κ3) is 3.94. The molecule has 2 aromatic rings. The summed E-state index contributed by atoms with van der Waals surface area (Å²) in [7, 11) is 0. The highest BCUT2D eigenvalue weighted by atomic mass is 19.4. The first-order valence-electron chi connectivity index (χ1n) is 8.09. The van der Waals surface area contributed by atoms with Crippen molar-refractivity contribution in [1.82, 2.24) is 5.32 Å². The van der Waals surface area contributed by atoms with Crippen molar-refractivity contribution in [3.05, 3.63) is 71.1 Å². The van der Waals surface area contributed by atoms with E-state index in [4.69, 9.17) is 6.57 Å². The summed E-state index contributed by atoms with van der Waals surface area (Å²) in [5.74, 6) is 0. The van der Waals surface area contributed by atoms with E-state index in [9.17, 15) is 13.2 Å². The van der Waals surface area contributed by atoms with Crippen LogP contribution in [0.1, 0.15) is 17.5 Å². The second-order valence-corrected chi connectivity index (χ2v) is 6.06. The molecule has 1 aliphatic rings. The van der Waals surface area contributed by atoms with E-state index < -0.39 is 11.7 Å². The Kier molecular flexibility index (Phi) is 4.95. The normalized spacial score (nSPS) is 17.3. The Bertz CT molecular complexity index is 757. The minimum atomic E-state index is -4.37. The molecule has 0 spiro atoms. The maximum absolute atomic E-state index is 13.3. The molecule has 6 heteroatoms. The van der Waals surface area contributed by atoms with Crippen LogP contribution in [0.4, 0.5) is 24.5 Å². The molecule has 1 fully saturated rings. The molecule has 0 aliphatic carbocycles. The molecule has 1 saturated heterocycles. The van der Waals surface area contributed by atoms with Crippen molar-refractivity contribution in [3.8, 4) is 0 Å². The van der Waals surface area contributed by atoms with Gasteiger partial charge in [-0.1, -0.05) is 30.3 Å². The minimum Gasteiger partial charge on any atom is -0.363 e. The molecule has 1 heterocycles. The molecule has 25 heavy (non-hydrogen) atoms. The topological polar surface area (TPSA) is 19.6 Å². The molecule has 0 amide bonds. The van der Waals surface area contributed by atoms with Crippen molar-refractivity contribution in [3.63, 3.8) is 0 Å². The molecule has 1 N–H and O–H groups in total. The van der Waals surface area contributed by atoms with Crippen LogP contribution < -0.4 is 10.2 Å². The van der Waals surface area contributed by atoms with Crippen molar-refractivity contribution in [2.75, 3.05) is 18.0 Å². The van der Waals surface area contributed by atoms with Crippen LogP contribution in [0.3, 0.4) is 0 Å². The second-order valence-electron chi connectivity index (χ2n) is 6.06. The molecule has 3 nitrogen and oxygen atoms in total. The van der Waals surface area contributed by atoms with E-state index in [2.05, 4.69) is 10.2 Å². The largest absolute Gasteiger partial charge is 0.416 e. The van der Waals surface area contributed by atoms with Gasteiger partial charge in [0.05, 0.1) is 12.1 Å². The number of hydrogen-bond donors (Lipinski definition) is 1. The summed E-state index contributed by atoms with van der Waals surface area (Å²) in [5, 5.41) is 3.26. The molecule has 130 valence electrons. The maximum Gasteiger partial charge on any atom is 0.416 e. The fourth-order valence-corrected chi connectivity index (χ4v) is 3.17. The lowest BCUT2D eigenvalue weighted by atomic mass is 10.0. The monoisotopic (exact) mass is 345 g/mol. The first-order chi connectivity index (χ1) is 12.0. The lowest BCUT2D eigenvalue weighted by molar-refractivity contribution is -0.138. The Balaban J connectivity index is 1.95. The molecular weight excluding hydrogens is 327 g/mol. The van der Waals surface area contributed by atoms with Crippen LogP contribution in [0.25, 0.3) is 4.85 Å². The fraction of sp³-hybridized carbons (Fsp3) is 0.316. The zero-order valence-corrected chi connectivity index (χ0v) is 13.6. The van der Waals surface area contributed by atoms with Gasteiger partial charge in [0.1, 0.15) is 0 Å². The van der Waals surface area contributed by atoms with Crippen molar-refractivity contribution < 1.29 is 13.2 Å². The Morgan fingerprint density at radius 2 is 1.84 bits per heavy atom. The third-order valence-corrected chi connectivity index (χ3v) is 4.45. The highest BCUT2D eigenvalue weighted by molar-refractivity contribution is 5.56. The molecule has 3 rings (SSSR count). The number of rotatable bonds is 4. The average molecular weight is 345 g/mol. The predicted molar refractivity (Wildman–Crippen MR) is 91.6 cm³/mol. The molecule has 1 aliphatic heterocycles. The second kappa shape index (κ2) is 7.16. The molecule has 0 aromatic heterocycles. The Morgan fingerprint density at radius 3 is 2.44 bits per heavy atom. The van der Waals surface area contributed by atoms with Gasteiger partial charge in [-0.25, -0.2) is 4.85 Å². The van der Waals surface area contributed by atoms with Gasteiger partial charge in [0.15, 0.2) is 5.69 Å². The summed E-state index contributed by atoms with van der Waals surface area (Å²) in [4.78, 5) is 5.37. The van der Waals surface area contributed by atoms with Gasteiger partial charge in [-0.3, -0.25) is 0 Å². The number of nitrogens with zero attached hydrogens (tertiary/aromatic N) is 2. The van der Waals surface area contributed by atoms with Gasteiger partial charge < -0.3 is 10.2 Å². The standard InChI is InChI=1S/C19H18F3N3/c1-23-15-6-8-16(9-7-15)25(17-10-11-24-12-17)13-14-4-2-3-5-18(14)19(20,21)22/h2-9,17,24H,10-13H2/t17-/m0/s1.